The molecule has 2 heterocycles. The van der Waals surface area contributed by atoms with Crippen LogP contribution >= 0.6 is 0 Å². The average Bonchev–Trinajstić information content (AvgIpc) is 2.79. The van der Waals surface area contributed by atoms with Gasteiger partial charge in [0.25, 0.3) is 0 Å². The molecule has 16 heavy (non-hydrogen) atoms. The Kier molecular flexibility index (Phi) is 3.43. The maximum absolute atomic E-state index is 11.8. The number of rotatable bonds is 3. The highest BCUT2D eigenvalue weighted by atomic mass is 16.5. The standard InChI is InChI=1S/C10H14N4O2/c1-16-7-4-8(13-5-7)10(15)14-9-6-11-2-3-12-9/h2-3,6-8,13H,4-5H2,1H3,(H,12,14,15)/t7-,8-/m0/s1. The van der Waals surface area contributed by atoms with Gasteiger partial charge in [0.15, 0.2) is 5.82 Å². The van der Waals surface area contributed by atoms with E-state index in [0.717, 1.165) is 0 Å². The molecule has 0 saturated carbocycles. The van der Waals surface area contributed by atoms with E-state index in [1.807, 2.05) is 0 Å². The topological polar surface area (TPSA) is 76.1 Å². The second-order valence-electron chi connectivity index (χ2n) is 3.63. The molecule has 0 spiro atoms. The largest absolute Gasteiger partial charge is 0.380 e. The minimum atomic E-state index is -0.216. The first-order valence-corrected chi connectivity index (χ1v) is 5.12. The van der Waals surface area contributed by atoms with Gasteiger partial charge in [0, 0.05) is 26.0 Å². The number of anilines is 1. The van der Waals surface area contributed by atoms with Gasteiger partial charge in [0.2, 0.25) is 5.91 Å². The van der Waals surface area contributed by atoms with Crippen LogP contribution in [0.4, 0.5) is 5.82 Å². The van der Waals surface area contributed by atoms with Crippen LogP contribution in [0.3, 0.4) is 0 Å². The van der Waals surface area contributed by atoms with Crippen LogP contribution in [-0.2, 0) is 9.53 Å². The summed E-state index contributed by atoms with van der Waals surface area (Å²) in [6, 6.07) is -0.216. The van der Waals surface area contributed by atoms with Gasteiger partial charge >= 0.3 is 0 Å². The summed E-state index contributed by atoms with van der Waals surface area (Å²) in [6.45, 7) is 0.703. The monoisotopic (exact) mass is 222 g/mol. The number of nitrogens with one attached hydrogen (secondary N) is 2. The summed E-state index contributed by atoms with van der Waals surface area (Å²) >= 11 is 0. The molecule has 1 aromatic rings. The fourth-order valence-electron chi connectivity index (χ4n) is 1.66. The van der Waals surface area contributed by atoms with E-state index in [-0.39, 0.29) is 18.1 Å². The number of aromatic nitrogens is 2. The van der Waals surface area contributed by atoms with Crippen LogP contribution in [0.2, 0.25) is 0 Å². The average molecular weight is 222 g/mol. The summed E-state index contributed by atoms with van der Waals surface area (Å²) in [6.07, 6.45) is 5.40. The minimum Gasteiger partial charge on any atom is -0.380 e. The first-order valence-electron chi connectivity index (χ1n) is 5.12. The maximum Gasteiger partial charge on any atom is 0.242 e. The predicted octanol–water partition coefficient (Wildman–Crippen LogP) is -0.208. The maximum atomic E-state index is 11.8. The molecule has 0 aliphatic carbocycles. The van der Waals surface area contributed by atoms with Crippen LogP contribution in [0.5, 0.6) is 0 Å². The van der Waals surface area contributed by atoms with Gasteiger partial charge in [-0.3, -0.25) is 9.78 Å². The molecular weight excluding hydrogens is 208 g/mol. The van der Waals surface area contributed by atoms with Crippen LogP contribution in [0, 0.1) is 0 Å². The summed E-state index contributed by atoms with van der Waals surface area (Å²) in [5.74, 6) is 0.371. The van der Waals surface area contributed by atoms with Crippen molar-refractivity contribution in [1.29, 1.82) is 0 Å². The van der Waals surface area contributed by atoms with E-state index in [9.17, 15) is 4.79 Å². The van der Waals surface area contributed by atoms with Crippen molar-refractivity contribution in [3.63, 3.8) is 0 Å². The van der Waals surface area contributed by atoms with Crippen molar-refractivity contribution >= 4 is 11.7 Å². The molecule has 1 aliphatic rings. The number of ether oxygens (including phenoxy) is 1. The van der Waals surface area contributed by atoms with Crippen molar-refractivity contribution < 1.29 is 9.53 Å². The number of methoxy groups -OCH3 is 1. The lowest BCUT2D eigenvalue weighted by molar-refractivity contribution is -0.118. The van der Waals surface area contributed by atoms with E-state index >= 15 is 0 Å². The Labute approximate surface area is 93.4 Å². The lowest BCUT2D eigenvalue weighted by Gasteiger charge is -2.10. The lowest BCUT2D eigenvalue weighted by atomic mass is 10.2. The Morgan fingerprint density at radius 3 is 3.12 bits per heavy atom. The van der Waals surface area contributed by atoms with Crippen molar-refractivity contribution in [3.8, 4) is 0 Å². The molecule has 1 fully saturated rings. The minimum absolute atomic E-state index is 0.0972. The van der Waals surface area contributed by atoms with Gasteiger partial charge < -0.3 is 15.4 Å². The van der Waals surface area contributed by atoms with Crippen molar-refractivity contribution in [1.82, 2.24) is 15.3 Å². The smallest absolute Gasteiger partial charge is 0.242 e. The van der Waals surface area contributed by atoms with E-state index in [2.05, 4.69) is 20.6 Å². The molecule has 0 radical (unpaired) electrons. The Balaban J connectivity index is 1.90. The fourth-order valence-corrected chi connectivity index (χ4v) is 1.66. The zero-order valence-corrected chi connectivity index (χ0v) is 9.01. The van der Waals surface area contributed by atoms with Gasteiger partial charge in [-0.1, -0.05) is 0 Å². The molecule has 2 N–H and O–H groups in total. The summed E-state index contributed by atoms with van der Waals surface area (Å²) in [5, 5.41) is 5.79. The lowest BCUT2D eigenvalue weighted by Crippen LogP contribution is -2.35. The number of carbonyl (C=O) groups excluding carboxylic acids is 1. The summed E-state index contributed by atoms with van der Waals surface area (Å²) < 4.78 is 5.17. The van der Waals surface area contributed by atoms with Gasteiger partial charge in [-0.15, -0.1) is 0 Å². The molecule has 6 nitrogen and oxygen atoms in total. The number of carbonyl (C=O) groups is 1. The quantitative estimate of drug-likeness (QED) is 0.740. The molecule has 0 unspecified atom stereocenters. The van der Waals surface area contributed by atoms with Crippen molar-refractivity contribution in [2.75, 3.05) is 19.0 Å². The highest BCUT2D eigenvalue weighted by molar-refractivity contribution is 5.94. The van der Waals surface area contributed by atoms with E-state index in [1.165, 1.54) is 12.4 Å². The van der Waals surface area contributed by atoms with Crippen LogP contribution in [0.1, 0.15) is 6.42 Å². The van der Waals surface area contributed by atoms with Gasteiger partial charge in [-0.05, 0) is 6.42 Å². The first kappa shape index (κ1) is 11.0. The number of nitrogens with zero attached hydrogens (tertiary/aromatic N) is 2. The summed E-state index contributed by atoms with van der Waals surface area (Å²) in [7, 11) is 1.65. The molecule has 2 atom stereocenters. The molecule has 1 saturated heterocycles. The van der Waals surface area contributed by atoms with Crippen molar-refractivity contribution in [3.05, 3.63) is 18.6 Å². The molecule has 1 amide bonds. The van der Waals surface area contributed by atoms with E-state index in [0.29, 0.717) is 18.8 Å². The van der Waals surface area contributed by atoms with Crippen LogP contribution in [-0.4, -0.2) is 41.7 Å². The Morgan fingerprint density at radius 1 is 1.62 bits per heavy atom. The molecule has 0 bridgehead atoms. The van der Waals surface area contributed by atoms with E-state index in [1.54, 1.807) is 13.3 Å². The Hall–Kier alpha value is -1.53. The van der Waals surface area contributed by atoms with Gasteiger partial charge in [-0.2, -0.15) is 0 Å². The molecule has 1 aliphatic heterocycles. The van der Waals surface area contributed by atoms with E-state index in [4.69, 9.17) is 4.74 Å². The van der Waals surface area contributed by atoms with Crippen molar-refractivity contribution in [2.45, 2.75) is 18.6 Å². The van der Waals surface area contributed by atoms with Gasteiger partial charge in [0.1, 0.15) is 0 Å². The Morgan fingerprint density at radius 2 is 2.50 bits per heavy atom. The first-order chi connectivity index (χ1) is 7.79. The third-order valence-electron chi connectivity index (χ3n) is 2.55. The second-order valence-corrected chi connectivity index (χ2v) is 3.63. The molecule has 1 aromatic heterocycles. The zero-order valence-electron chi connectivity index (χ0n) is 9.01. The molecule has 86 valence electrons. The zero-order chi connectivity index (χ0) is 11.4. The van der Waals surface area contributed by atoms with Gasteiger partial charge in [-0.25, -0.2) is 4.98 Å². The fraction of sp³-hybridized carbons (Fsp3) is 0.500. The summed E-state index contributed by atoms with van der Waals surface area (Å²) in [5.41, 5.74) is 0. The third-order valence-corrected chi connectivity index (χ3v) is 2.55. The normalized spacial score (nSPS) is 24.3. The molecule has 2 rings (SSSR count). The third kappa shape index (κ3) is 2.53. The number of amides is 1. The molecule has 6 heteroatoms. The van der Waals surface area contributed by atoms with E-state index < -0.39 is 0 Å². The van der Waals surface area contributed by atoms with Crippen molar-refractivity contribution in [2.24, 2.45) is 0 Å². The predicted molar refractivity (Wildman–Crippen MR) is 57.9 cm³/mol. The summed E-state index contributed by atoms with van der Waals surface area (Å²) in [4.78, 5) is 19.6. The number of hydrogen-bond donors (Lipinski definition) is 2. The molecular formula is C10H14N4O2. The van der Waals surface area contributed by atoms with Crippen LogP contribution < -0.4 is 10.6 Å². The molecule has 0 aromatic carbocycles. The Bertz CT molecular complexity index is 357. The van der Waals surface area contributed by atoms with Crippen LogP contribution in [0.25, 0.3) is 0 Å². The second kappa shape index (κ2) is 5.00. The highest BCUT2D eigenvalue weighted by Gasteiger charge is 2.29. The van der Waals surface area contributed by atoms with Gasteiger partial charge in [0.05, 0.1) is 18.3 Å². The highest BCUT2D eigenvalue weighted by Crippen LogP contribution is 2.11. The number of hydrogen-bond acceptors (Lipinski definition) is 5. The SMILES string of the molecule is CO[C@@H]1CN[C@H](C(=O)Nc2cnccn2)C1. The van der Waals surface area contributed by atoms with Crippen LogP contribution in [0.15, 0.2) is 18.6 Å².